The third-order valence-electron chi connectivity index (χ3n) is 2.35. The zero-order valence-corrected chi connectivity index (χ0v) is 10.2. The summed E-state index contributed by atoms with van der Waals surface area (Å²) in [6.45, 7) is 7.14. The van der Waals surface area contributed by atoms with Crippen LogP contribution in [0.1, 0.15) is 20.8 Å². The molecule has 0 radical (unpaired) electrons. The first-order chi connectivity index (χ1) is 7.65. The number of likely N-dealkylation sites (N-methyl/N-ethyl adjacent to an activating group) is 1. The molecule has 3 nitrogen and oxygen atoms in total. The van der Waals surface area contributed by atoms with Crippen molar-refractivity contribution in [1.29, 1.82) is 0 Å². The largest absolute Gasteiger partial charge is 0.312 e. The molecule has 3 heteroatoms. The molecule has 0 saturated carbocycles. The van der Waals surface area contributed by atoms with Crippen molar-refractivity contribution in [1.82, 2.24) is 5.32 Å². The number of rotatable bonds is 5. The zero-order chi connectivity index (χ0) is 12.0. The van der Waals surface area contributed by atoms with Crippen molar-refractivity contribution >= 4 is 11.6 Å². The maximum Gasteiger partial charge on any atom is 0.240 e. The minimum absolute atomic E-state index is 0.113. The number of benzene rings is 1. The van der Waals surface area contributed by atoms with Gasteiger partial charge in [-0.1, -0.05) is 32.0 Å². The van der Waals surface area contributed by atoms with E-state index in [1.807, 2.05) is 51.1 Å². The molecule has 1 N–H and O–H groups in total. The van der Waals surface area contributed by atoms with Crippen LogP contribution in [0, 0.1) is 0 Å². The van der Waals surface area contributed by atoms with Gasteiger partial charge >= 0.3 is 0 Å². The first kappa shape index (κ1) is 12.7. The average Bonchev–Trinajstić information content (AvgIpc) is 2.29. The summed E-state index contributed by atoms with van der Waals surface area (Å²) < 4.78 is 0. The smallest absolute Gasteiger partial charge is 0.240 e. The van der Waals surface area contributed by atoms with Crippen LogP contribution in [-0.2, 0) is 4.79 Å². The summed E-state index contributed by atoms with van der Waals surface area (Å²) in [6, 6.07) is 10.1. The molecule has 0 saturated heterocycles. The third kappa shape index (κ3) is 3.66. The number of anilines is 1. The molecule has 0 fully saturated rings. The molecular weight excluding hydrogens is 200 g/mol. The lowest BCUT2D eigenvalue weighted by Gasteiger charge is -2.21. The molecule has 88 valence electrons. The number of hydrogen-bond acceptors (Lipinski definition) is 2. The molecule has 16 heavy (non-hydrogen) atoms. The first-order valence-electron chi connectivity index (χ1n) is 5.74. The van der Waals surface area contributed by atoms with E-state index in [0.29, 0.717) is 19.1 Å². The molecule has 0 aliphatic carbocycles. The second-order valence-electron chi connectivity index (χ2n) is 4.01. The van der Waals surface area contributed by atoms with Crippen LogP contribution < -0.4 is 10.2 Å². The molecule has 1 aromatic rings. The van der Waals surface area contributed by atoms with Gasteiger partial charge in [-0.25, -0.2) is 0 Å². The van der Waals surface area contributed by atoms with Gasteiger partial charge in [0, 0.05) is 18.3 Å². The van der Waals surface area contributed by atoms with Gasteiger partial charge < -0.3 is 10.2 Å². The van der Waals surface area contributed by atoms with Crippen LogP contribution in [0.15, 0.2) is 30.3 Å². The summed E-state index contributed by atoms with van der Waals surface area (Å²) >= 11 is 0. The highest BCUT2D eigenvalue weighted by atomic mass is 16.2. The Morgan fingerprint density at radius 3 is 2.44 bits per heavy atom. The summed E-state index contributed by atoms with van der Waals surface area (Å²) in [5.74, 6) is 0.113. The Balaban J connectivity index is 2.64. The van der Waals surface area contributed by atoms with Gasteiger partial charge in [-0.15, -0.1) is 0 Å². The van der Waals surface area contributed by atoms with E-state index in [-0.39, 0.29) is 5.91 Å². The van der Waals surface area contributed by atoms with E-state index in [1.54, 1.807) is 4.90 Å². The Labute approximate surface area is 97.5 Å². The molecule has 0 unspecified atom stereocenters. The topological polar surface area (TPSA) is 32.3 Å². The van der Waals surface area contributed by atoms with Crippen molar-refractivity contribution in [2.24, 2.45) is 0 Å². The van der Waals surface area contributed by atoms with Gasteiger partial charge in [0.2, 0.25) is 5.91 Å². The van der Waals surface area contributed by atoms with Crippen molar-refractivity contribution in [3.63, 3.8) is 0 Å². The summed E-state index contributed by atoms with van der Waals surface area (Å²) in [5.41, 5.74) is 0.959. The van der Waals surface area contributed by atoms with Crippen LogP contribution >= 0.6 is 0 Å². The predicted octanol–water partition coefficient (Wildman–Crippen LogP) is 2.04. The molecule has 0 aromatic heterocycles. The van der Waals surface area contributed by atoms with E-state index in [4.69, 9.17) is 0 Å². The second-order valence-corrected chi connectivity index (χ2v) is 4.01. The Kier molecular flexibility index (Phi) is 4.99. The lowest BCUT2D eigenvalue weighted by molar-refractivity contribution is -0.117. The van der Waals surface area contributed by atoms with Crippen molar-refractivity contribution < 1.29 is 4.79 Å². The Morgan fingerprint density at radius 1 is 1.31 bits per heavy atom. The van der Waals surface area contributed by atoms with Crippen LogP contribution in [-0.4, -0.2) is 25.0 Å². The van der Waals surface area contributed by atoms with E-state index in [9.17, 15) is 4.79 Å². The summed E-state index contributed by atoms with van der Waals surface area (Å²) in [7, 11) is 0. The number of para-hydroxylation sites is 1. The lowest BCUT2D eigenvalue weighted by atomic mass is 10.2. The highest BCUT2D eigenvalue weighted by Crippen LogP contribution is 2.12. The molecule has 0 aliphatic heterocycles. The van der Waals surface area contributed by atoms with Gasteiger partial charge in [-0.3, -0.25) is 4.79 Å². The van der Waals surface area contributed by atoms with Crippen molar-refractivity contribution in [2.45, 2.75) is 26.8 Å². The molecule has 0 spiro atoms. The number of nitrogens with one attached hydrogen (secondary N) is 1. The quantitative estimate of drug-likeness (QED) is 0.823. The van der Waals surface area contributed by atoms with Gasteiger partial charge in [0.1, 0.15) is 0 Å². The van der Waals surface area contributed by atoms with E-state index in [1.165, 1.54) is 0 Å². The van der Waals surface area contributed by atoms with Gasteiger partial charge in [-0.05, 0) is 19.1 Å². The summed E-state index contributed by atoms with van der Waals surface area (Å²) in [4.78, 5) is 13.7. The van der Waals surface area contributed by atoms with Gasteiger partial charge in [0.15, 0.2) is 0 Å². The number of hydrogen-bond donors (Lipinski definition) is 1. The van der Waals surface area contributed by atoms with Gasteiger partial charge in [0.05, 0.1) is 6.54 Å². The summed E-state index contributed by atoms with van der Waals surface area (Å²) in [5, 5.41) is 3.14. The number of carbonyl (C=O) groups is 1. The fourth-order valence-electron chi connectivity index (χ4n) is 1.50. The highest BCUT2D eigenvalue weighted by molar-refractivity contribution is 5.94. The monoisotopic (exact) mass is 220 g/mol. The molecule has 0 atom stereocenters. The van der Waals surface area contributed by atoms with Crippen LogP contribution in [0.5, 0.6) is 0 Å². The Hall–Kier alpha value is -1.35. The lowest BCUT2D eigenvalue weighted by Crippen LogP contribution is -2.40. The van der Waals surface area contributed by atoms with Crippen molar-refractivity contribution in [2.75, 3.05) is 18.0 Å². The zero-order valence-electron chi connectivity index (χ0n) is 10.2. The maximum absolute atomic E-state index is 11.9. The second kappa shape index (κ2) is 6.28. The molecule has 0 bridgehead atoms. The number of carbonyl (C=O) groups excluding carboxylic acids is 1. The standard InChI is InChI=1S/C13H20N2O/c1-4-15(12-8-6-5-7-9-12)13(16)10-14-11(2)3/h5-9,11,14H,4,10H2,1-3H3. The maximum atomic E-state index is 11.9. The fourth-order valence-corrected chi connectivity index (χ4v) is 1.50. The van der Waals surface area contributed by atoms with E-state index < -0.39 is 0 Å². The normalized spacial score (nSPS) is 10.5. The molecule has 1 rings (SSSR count). The van der Waals surface area contributed by atoms with E-state index in [2.05, 4.69) is 5.32 Å². The molecule has 1 amide bonds. The average molecular weight is 220 g/mol. The Bertz CT molecular complexity index is 322. The van der Waals surface area contributed by atoms with Crippen LogP contribution in [0.2, 0.25) is 0 Å². The minimum atomic E-state index is 0.113. The Morgan fingerprint density at radius 2 is 1.94 bits per heavy atom. The first-order valence-corrected chi connectivity index (χ1v) is 5.74. The van der Waals surface area contributed by atoms with Crippen molar-refractivity contribution in [3.8, 4) is 0 Å². The van der Waals surface area contributed by atoms with Crippen LogP contribution in [0.4, 0.5) is 5.69 Å². The van der Waals surface area contributed by atoms with Crippen molar-refractivity contribution in [3.05, 3.63) is 30.3 Å². The van der Waals surface area contributed by atoms with Gasteiger partial charge in [0.25, 0.3) is 0 Å². The SMILES string of the molecule is CCN(C(=O)CNC(C)C)c1ccccc1. The number of amides is 1. The van der Waals surface area contributed by atoms with E-state index in [0.717, 1.165) is 5.69 Å². The van der Waals surface area contributed by atoms with Gasteiger partial charge in [-0.2, -0.15) is 0 Å². The van der Waals surface area contributed by atoms with Crippen LogP contribution in [0.3, 0.4) is 0 Å². The molecule has 0 heterocycles. The van der Waals surface area contributed by atoms with E-state index >= 15 is 0 Å². The minimum Gasteiger partial charge on any atom is -0.312 e. The highest BCUT2D eigenvalue weighted by Gasteiger charge is 2.12. The molecule has 0 aliphatic rings. The van der Waals surface area contributed by atoms with Crippen LogP contribution in [0.25, 0.3) is 0 Å². The third-order valence-corrected chi connectivity index (χ3v) is 2.35. The summed E-state index contributed by atoms with van der Waals surface area (Å²) in [6.07, 6.45) is 0. The molecule has 1 aromatic carbocycles. The fraction of sp³-hybridized carbons (Fsp3) is 0.462. The predicted molar refractivity (Wildman–Crippen MR) is 67.6 cm³/mol. The number of nitrogens with zero attached hydrogens (tertiary/aromatic N) is 1. The molecular formula is C13H20N2O.